The van der Waals surface area contributed by atoms with Crippen LogP contribution in [0.3, 0.4) is 0 Å². The summed E-state index contributed by atoms with van der Waals surface area (Å²) in [7, 11) is 0. The minimum atomic E-state index is 0.231. The average Bonchev–Trinajstić information content (AvgIpc) is 3.20. The van der Waals surface area contributed by atoms with Crippen LogP contribution in [0.2, 0.25) is 0 Å². The molecule has 1 saturated carbocycles. The number of furan rings is 1. The van der Waals surface area contributed by atoms with Crippen molar-refractivity contribution in [2.24, 2.45) is 17.3 Å². The topological polar surface area (TPSA) is 39.9 Å². The Bertz CT molecular complexity index is 663. The third kappa shape index (κ3) is 4.16. The summed E-state index contributed by atoms with van der Waals surface area (Å²) in [5.41, 5.74) is 0.392. The van der Waals surface area contributed by atoms with Gasteiger partial charge >= 0.3 is 0 Å². The summed E-state index contributed by atoms with van der Waals surface area (Å²) in [5.74, 6) is 2.67. The zero-order valence-corrected chi connectivity index (χ0v) is 17.2. The van der Waals surface area contributed by atoms with Crippen LogP contribution in [-0.2, 0) is 11.3 Å². The van der Waals surface area contributed by atoms with E-state index >= 15 is 0 Å². The lowest BCUT2D eigenvalue weighted by atomic mass is 9.79. The maximum atomic E-state index is 13.2. The molecule has 4 fully saturated rings. The minimum absolute atomic E-state index is 0.231. The fourth-order valence-corrected chi connectivity index (χ4v) is 5.81. The largest absolute Gasteiger partial charge is 0.468 e. The van der Waals surface area contributed by atoms with Crippen molar-refractivity contribution in [2.75, 3.05) is 45.8 Å². The van der Waals surface area contributed by atoms with Gasteiger partial charge in [0.05, 0.1) is 12.8 Å². The van der Waals surface area contributed by atoms with Crippen molar-refractivity contribution in [1.82, 2.24) is 14.7 Å². The molecule has 3 saturated heterocycles. The van der Waals surface area contributed by atoms with E-state index in [9.17, 15) is 4.79 Å². The van der Waals surface area contributed by atoms with Crippen molar-refractivity contribution in [3.63, 3.8) is 0 Å². The predicted octanol–water partition coefficient (Wildman–Crippen LogP) is 3.22. The number of amides is 1. The molecule has 5 rings (SSSR count). The van der Waals surface area contributed by atoms with Gasteiger partial charge in [-0.25, -0.2) is 0 Å². The van der Waals surface area contributed by atoms with Gasteiger partial charge in [0.25, 0.3) is 0 Å². The molecule has 1 amide bonds. The van der Waals surface area contributed by atoms with E-state index in [1.54, 1.807) is 6.26 Å². The van der Waals surface area contributed by atoms with E-state index in [2.05, 4.69) is 14.7 Å². The standard InChI is InChI=1S/C23H35N3O2/c27-22(20-6-11-24(12-7-20)16-21-3-1-14-28-21)26-13-9-23(18-26)8-2-10-25(17-23)15-19-4-5-19/h1,3,14,19-20H,2,4-13,15-18H2/t23-/m0/s1. The van der Waals surface area contributed by atoms with Gasteiger partial charge in [0.15, 0.2) is 0 Å². The molecule has 0 bridgehead atoms. The van der Waals surface area contributed by atoms with Crippen LogP contribution in [0.5, 0.6) is 0 Å². The molecule has 1 spiro atoms. The van der Waals surface area contributed by atoms with Crippen molar-refractivity contribution in [1.29, 1.82) is 0 Å². The maximum absolute atomic E-state index is 13.2. The second-order valence-corrected chi connectivity index (χ2v) is 9.92. The Morgan fingerprint density at radius 2 is 1.89 bits per heavy atom. The summed E-state index contributed by atoms with van der Waals surface area (Å²) >= 11 is 0. The van der Waals surface area contributed by atoms with Crippen LogP contribution in [0, 0.1) is 17.3 Å². The first-order chi connectivity index (χ1) is 13.7. The molecular weight excluding hydrogens is 350 g/mol. The SMILES string of the molecule is O=C(C1CCN(Cc2ccco2)CC1)N1CC[C@]2(CCCN(CC3CC3)C2)C1. The summed E-state index contributed by atoms with van der Waals surface area (Å²) in [6.07, 6.45) is 10.5. The van der Waals surface area contributed by atoms with Gasteiger partial charge < -0.3 is 14.2 Å². The summed E-state index contributed by atoms with van der Waals surface area (Å²) in [6.45, 7) is 8.70. The highest BCUT2D eigenvalue weighted by molar-refractivity contribution is 5.79. The zero-order valence-electron chi connectivity index (χ0n) is 17.2. The third-order valence-electron chi connectivity index (χ3n) is 7.60. The van der Waals surface area contributed by atoms with Crippen molar-refractivity contribution in [2.45, 2.75) is 51.5 Å². The first-order valence-electron chi connectivity index (χ1n) is 11.5. The number of nitrogens with zero attached hydrogens (tertiary/aromatic N) is 3. The van der Waals surface area contributed by atoms with Gasteiger partial charge in [-0.05, 0) is 82.6 Å². The number of rotatable bonds is 5. The van der Waals surface area contributed by atoms with E-state index in [0.29, 0.717) is 11.3 Å². The monoisotopic (exact) mass is 385 g/mol. The van der Waals surface area contributed by atoms with Crippen LogP contribution in [0.15, 0.2) is 22.8 Å². The second-order valence-electron chi connectivity index (χ2n) is 9.92. The number of hydrogen-bond acceptors (Lipinski definition) is 4. The number of hydrogen-bond donors (Lipinski definition) is 0. The zero-order chi connectivity index (χ0) is 19.0. The molecule has 0 N–H and O–H groups in total. The Labute approximate surface area is 169 Å². The van der Waals surface area contributed by atoms with E-state index < -0.39 is 0 Å². The predicted molar refractivity (Wildman–Crippen MR) is 109 cm³/mol. The Hall–Kier alpha value is -1.33. The number of carbonyl (C=O) groups is 1. The molecule has 1 atom stereocenters. The fourth-order valence-electron chi connectivity index (χ4n) is 5.81. The van der Waals surface area contributed by atoms with Gasteiger partial charge in [-0.3, -0.25) is 9.69 Å². The summed E-state index contributed by atoms with van der Waals surface area (Å²) in [5, 5.41) is 0. The van der Waals surface area contributed by atoms with E-state index in [-0.39, 0.29) is 5.92 Å². The maximum Gasteiger partial charge on any atom is 0.225 e. The lowest BCUT2D eigenvalue weighted by Gasteiger charge is -2.41. The van der Waals surface area contributed by atoms with E-state index in [1.807, 2.05) is 12.1 Å². The average molecular weight is 386 g/mol. The van der Waals surface area contributed by atoms with Crippen molar-refractivity contribution in [3.8, 4) is 0 Å². The van der Waals surface area contributed by atoms with Crippen molar-refractivity contribution < 1.29 is 9.21 Å². The molecule has 5 heteroatoms. The van der Waals surface area contributed by atoms with Crippen LogP contribution in [0.1, 0.15) is 50.7 Å². The van der Waals surface area contributed by atoms with E-state index in [4.69, 9.17) is 4.42 Å². The molecule has 4 aliphatic rings. The van der Waals surface area contributed by atoms with Gasteiger partial charge in [0.2, 0.25) is 5.91 Å². The molecular formula is C23H35N3O2. The van der Waals surface area contributed by atoms with Gasteiger partial charge in [-0.1, -0.05) is 0 Å². The molecule has 3 aliphatic heterocycles. The van der Waals surface area contributed by atoms with Crippen LogP contribution < -0.4 is 0 Å². The molecule has 1 aliphatic carbocycles. The molecule has 1 aromatic rings. The third-order valence-corrected chi connectivity index (χ3v) is 7.60. The molecule has 28 heavy (non-hydrogen) atoms. The molecule has 1 aromatic heterocycles. The van der Waals surface area contributed by atoms with E-state index in [1.165, 1.54) is 51.7 Å². The molecule has 154 valence electrons. The first-order valence-corrected chi connectivity index (χ1v) is 11.5. The lowest BCUT2D eigenvalue weighted by molar-refractivity contribution is -0.136. The van der Waals surface area contributed by atoms with Crippen molar-refractivity contribution in [3.05, 3.63) is 24.2 Å². The normalized spacial score (nSPS) is 30.4. The highest BCUT2D eigenvalue weighted by Crippen LogP contribution is 2.41. The molecule has 0 radical (unpaired) electrons. The number of likely N-dealkylation sites (tertiary alicyclic amines) is 3. The number of piperidine rings is 2. The van der Waals surface area contributed by atoms with Gasteiger partial charge in [0.1, 0.15) is 5.76 Å². The molecule has 0 aromatic carbocycles. The number of carbonyl (C=O) groups excluding carboxylic acids is 1. The smallest absolute Gasteiger partial charge is 0.225 e. The van der Waals surface area contributed by atoms with E-state index in [0.717, 1.165) is 57.2 Å². The molecule has 5 nitrogen and oxygen atoms in total. The summed E-state index contributed by atoms with van der Waals surface area (Å²) < 4.78 is 5.47. The van der Waals surface area contributed by atoms with Crippen LogP contribution in [-0.4, -0.2) is 66.4 Å². The highest BCUT2D eigenvalue weighted by Gasteiger charge is 2.44. The molecule has 0 unspecified atom stereocenters. The Morgan fingerprint density at radius 3 is 2.64 bits per heavy atom. The lowest BCUT2D eigenvalue weighted by Crippen LogP contribution is -2.47. The van der Waals surface area contributed by atoms with Gasteiger partial charge in [-0.15, -0.1) is 0 Å². The quantitative estimate of drug-likeness (QED) is 0.780. The first kappa shape index (κ1) is 18.7. The van der Waals surface area contributed by atoms with Gasteiger partial charge in [0, 0.05) is 37.5 Å². The summed E-state index contributed by atoms with van der Waals surface area (Å²) in [4.78, 5) is 20.6. The van der Waals surface area contributed by atoms with Crippen LogP contribution in [0.25, 0.3) is 0 Å². The molecule has 4 heterocycles. The second kappa shape index (κ2) is 7.83. The fraction of sp³-hybridized carbons (Fsp3) is 0.783. The van der Waals surface area contributed by atoms with Crippen LogP contribution in [0.4, 0.5) is 0 Å². The van der Waals surface area contributed by atoms with Crippen LogP contribution >= 0.6 is 0 Å². The Kier molecular flexibility index (Phi) is 5.22. The highest BCUT2D eigenvalue weighted by atomic mass is 16.3. The Balaban J connectivity index is 1.11. The van der Waals surface area contributed by atoms with Gasteiger partial charge in [-0.2, -0.15) is 0 Å². The minimum Gasteiger partial charge on any atom is -0.468 e. The Morgan fingerprint density at radius 1 is 1.04 bits per heavy atom. The summed E-state index contributed by atoms with van der Waals surface area (Å²) in [6, 6.07) is 3.99. The van der Waals surface area contributed by atoms with Crippen molar-refractivity contribution >= 4 is 5.91 Å².